The van der Waals surface area contributed by atoms with Crippen LogP contribution >= 0.6 is 11.3 Å². The number of nitrogens with zero attached hydrogens (tertiary/aromatic N) is 1. The van der Waals surface area contributed by atoms with Gasteiger partial charge in [-0.25, -0.2) is 0 Å². The summed E-state index contributed by atoms with van der Waals surface area (Å²) >= 11 is 1.78. The second-order valence-corrected chi connectivity index (χ2v) is 10.2. The van der Waals surface area contributed by atoms with Crippen LogP contribution in [-0.4, -0.2) is 44.0 Å². The smallest absolute Gasteiger partial charge is 0.194 e. The van der Waals surface area contributed by atoms with Crippen LogP contribution in [0.3, 0.4) is 0 Å². The van der Waals surface area contributed by atoms with Gasteiger partial charge in [-0.15, -0.1) is 11.3 Å². The van der Waals surface area contributed by atoms with E-state index in [0.29, 0.717) is 12.5 Å². The van der Waals surface area contributed by atoms with E-state index in [1.165, 1.54) is 37.0 Å². The van der Waals surface area contributed by atoms with Crippen LogP contribution in [0.15, 0.2) is 42.5 Å². The number of benzene rings is 2. The molecule has 1 saturated carbocycles. The summed E-state index contributed by atoms with van der Waals surface area (Å²) in [6.45, 7) is 8.25. The van der Waals surface area contributed by atoms with Gasteiger partial charge in [-0.05, 0) is 80.7 Å². The molecule has 0 spiro atoms. The van der Waals surface area contributed by atoms with Gasteiger partial charge in [0.15, 0.2) is 5.78 Å². The van der Waals surface area contributed by atoms with Crippen molar-refractivity contribution in [3.8, 4) is 11.5 Å². The third kappa shape index (κ3) is 5.64. The first-order chi connectivity index (χ1) is 16.6. The molecular formula is C29H37NO3S. The normalized spacial score (nSPS) is 14.6. The Morgan fingerprint density at radius 3 is 2.38 bits per heavy atom. The Hall–Kier alpha value is -2.37. The van der Waals surface area contributed by atoms with E-state index < -0.39 is 0 Å². The first-order valence-electron chi connectivity index (χ1n) is 12.7. The Kier molecular flexibility index (Phi) is 8.63. The molecule has 1 aromatic heterocycles. The molecule has 1 aliphatic carbocycles. The van der Waals surface area contributed by atoms with Gasteiger partial charge < -0.3 is 14.4 Å². The molecule has 4 rings (SSSR count). The second-order valence-electron chi connectivity index (χ2n) is 9.12. The van der Waals surface area contributed by atoms with E-state index in [9.17, 15) is 4.79 Å². The monoisotopic (exact) mass is 479 g/mol. The molecule has 0 unspecified atom stereocenters. The van der Waals surface area contributed by atoms with Crippen LogP contribution in [0, 0.1) is 0 Å². The van der Waals surface area contributed by atoms with Crippen LogP contribution in [0.1, 0.15) is 79.1 Å². The summed E-state index contributed by atoms with van der Waals surface area (Å²) in [4.78, 5) is 17.4. The molecule has 2 aromatic carbocycles. The zero-order chi connectivity index (χ0) is 23.9. The lowest BCUT2D eigenvalue weighted by Crippen LogP contribution is -2.25. The van der Waals surface area contributed by atoms with Gasteiger partial charge in [0.2, 0.25) is 0 Å². The summed E-state index contributed by atoms with van der Waals surface area (Å²) in [6.07, 6.45) is 7.13. The summed E-state index contributed by atoms with van der Waals surface area (Å²) < 4.78 is 12.5. The van der Waals surface area contributed by atoms with E-state index >= 15 is 0 Å². The molecule has 1 fully saturated rings. The van der Waals surface area contributed by atoms with Crippen LogP contribution in [0.5, 0.6) is 11.5 Å². The SMILES string of the molecule is CCN(CC)CCCOc1ccc(C(=O)c2c(C3CCCCC3)sc3cc(OC)ccc23)cc1. The highest BCUT2D eigenvalue weighted by atomic mass is 32.1. The maximum atomic E-state index is 13.8. The predicted octanol–water partition coefficient (Wildman–Crippen LogP) is 7.30. The minimum absolute atomic E-state index is 0.116. The number of carbonyl (C=O) groups is 1. The maximum Gasteiger partial charge on any atom is 0.194 e. The zero-order valence-corrected chi connectivity index (χ0v) is 21.6. The Balaban J connectivity index is 1.53. The molecule has 4 nitrogen and oxygen atoms in total. The molecule has 0 saturated heterocycles. The highest BCUT2D eigenvalue weighted by Gasteiger charge is 2.27. The van der Waals surface area contributed by atoms with Gasteiger partial charge in [0.05, 0.1) is 13.7 Å². The molecule has 3 aromatic rings. The van der Waals surface area contributed by atoms with Gasteiger partial charge in [-0.1, -0.05) is 33.1 Å². The van der Waals surface area contributed by atoms with E-state index in [0.717, 1.165) is 58.8 Å². The predicted molar refractivity (Wildman–Crippen MR) is 142 cm³/mol. The Morgan fingerprint density at radius 2 is 1.71 bits per heavy atom. The third-order valence-corrected chi connectivity index (χ3v) is 8.34. The van der Waals surface area contributed by atoms with Crippen molar-refractivity contribution in [2.45, 2.75) is 58.3 Å². The molecule has 5 heteroatoms. The fraction of sp³-hybridized carbons (Fsp3) is 0.483. The van der Waals surface area contributed by atoms with Gasteiger partial charge >= 0.3 is 0 Å². The molecule has 182 valence electrons. The number of hydrogen-bond acceptors (Lipinski definition) is 5. The lowest BCUT2D eigenvalue weighted by Gasteiger charge is -2.21. The number of methoxy groups -OCH3 is 1. The van der Waals surface area contributed by atoms with Crippen molar-refractivity contribution in [2.75, 3.05) is 33.4 Å². The van der Waals surface area contributed by atoms with Gasteiger partial charge in [0.25, 0.3) is 0 Å². The number of hydrogen-bond donors (Lipinski definition) is 0. The van der Waals surface area contributed by atoms with Gasteiger partial charge in [-0.3, -0.25) is 4.79 Å². The number of fused-ring (bicyclic) bond motifs is 1. The Labute approximate surface area is 207 Å². The minimum atomic E-state index is 0.116. The molecule has 34 heavy (non-hydrogen) atoms. The first kappa shape index (κ1) is 24.7. The fourth-order valence-corrected chi connectivity index (χ4v) is 6.37. The van der Waals surface area contributed by atoms with Crippen LogP contribution in [-0.2, 0) is 0 Å². The van der Waals surface area contributed by atoms with Crippen molar-refractivity contribution < 1.29 is 14.3 Å². The average molecular weight is 480 g/mol. The molecule has 0 aliphatic heterocycles. The Morgan fingerprint density at radius 1 is 1.00 bits per heavy atom. The highest BCUT2D eigenvalue weighted by Crippen LogP contribution is 2.44. The van der Waals surface area contributed by atoms with E-state index in [-0.39, 0.29) is 5.78 Å². The van der Waals surface area contributed by atoms with Gasteiger partial charge in [-0.2, -0.15) is 0 Å². The Bertz CT molecular complexity index is 1080. The van der Waals surface area contributed by atoms with Crippen molar-refractivity contribution in [1.29, 1.82) is 0 Å². The number of carbonyl (C=O) groups excluding carboxylic acids is 1. The number of ketones is 1. The molecule has 0 N–H and O–H groups in total. The molecule has 0 atom stereocenters. The van der Waals surface area contributed by atoms with Crippen molar-refractivity contribution in [3.63, 3.8) is 0 Å². The summed E-state index contributed by atoms with van der Waals surface area (Å²) in [5, 5.41) is 1.05. The van der Waals surface area contributed by atoms with Gasteiger partial charge in [0.1, 0.15) is 11.5 Å². The van der Waals surface area contributed by atoms with Crippen LogP contribution < -0.4 is 9.47 Å². The lowest BCUT2D eigenvalue weighted by atomic mass is 9.85. The van der Waals surface area contributed by atoms with Crippen molar-refractivity contribution in [2.24, 2.45) is 0 Å². The number of ether oxygens (including phenoxy) is 2. The highest BCUT2D eigenvalue weighted by molar-refractivity contribution is 7.19. The van der Waals surface area contributed by atoms with Crippen LogP contribution in [0.2, 0.25) is 0 Å². The van der Waals surface area contributed by atoms with Gasteiger partial charge in [0, 0.05) is 32.6 Å². The molecular weight excluding hydrogens is 442 g/mol. The number of rotatable bonds is 11. The van der Waals surface area contributed by atoms with E-state index in [4.69, 9.17) is 9.47 Å². The van der Waals surface area contributed by atoms with Crippen molar-refractivity contribution in [3.05, 3.63) is 58.5 Å². The summed E-state index contributed by atoms with van der Waals surface area (Å²) in [6, 6.07) is 13.8. The minimum Gasteiger partial charge on any atom is -0.497 e. The zero-order valence-electron chi connectivity index (χ0n) is 20.8. The van der Waals surface area contributed by atoms with E-state index in [1.807, 2.05) is 30.3 Å². The van der Waals surface area contributed by atoms with Crippen LogP contribution in [0.4, 0.5) is 0 Å². The quantitative estimate of drug-likeness (QED) is 0.214. The van der Waals surface area contributed by atoms with E-state index in [2.05, 4.69) is 30.9 Å². The third-order valence-electron chi connectivity index (χ3n) is 7.03. The standard InChI is InChI=1S/C29H37NO3S/c1-4-30(5-2)18-9-19-33-23-14-12-21(13-15-23)28(31)27-25-17-16-24(32-3)20-26(25)34-29(27)22-10-7-6-8-11-22/h12-17,20,22H,4-11,18-19H2,1-3H3. The largest absolute Gasteiger partial charge is 0.497 e. The summed E-state index contributed by atoms with van der Waals surface area (Å²) in [7, 11) is 1.69. The topological polar surface area (TPSA) is 38.8 Å². The lowest BCUT2D eigenvalue weighted by molar-refractivity contribution is 0.103. The maximum absolute atomic E-state index is 13.8. The average Bonchev–Trinajstić information content (AvgIpc) is 3.28. The molecule has 0 amide bonds. The molecule has 1 heterocycles. The second kappa shape index (κ2) is 11.9. The molecule has 0 radical (unpaired) electrons. The summed E-state index contributed by atoms with van der Waals surface area (Å²) in [5.74, 6) is 2.25. The number of thiophene rings is 1. The van der Waals surface area contributed by atoms with Crippen molar-refractivity contribution in [1.82, 2.24) is 4.90 Å². The van der Waals surface area contributed by atoms with Crippen LogP contribution in [0.25, 0.3) is 10.1 Å². The van der Waals surface area contributed by atoms with Crippen molar-refractivity contribution >= 4 is 27.2 Å². The summed E-state index contributed by atoms with van der Waals surface area (Å²) in [5.41, 5.74) is 1.62. The fourth-order valence-electron chi connectivity index (χ4n) is 4.97. The molecule has 0 bridgehead atoms. The molecule has 1 aliphatic rings. The van der Waals surface area contributed by atoms with E-state index in [1.54, 1.807) is 18.4 Å². The first-order valence-corrected chi connectivity index (χ1v) is 13.6.